The van der Waals surface area contributed by atoms with Gasteiger partial charge in [0.1, 0.15) is 11.6 Å². The molecule has 2 atom stereocenters. The van der Waals surface area contributed by atoms with Gasteiger partial charge < -0.3 is 10.2 Å². The zero-order valence-corrected chi connectivity index (χ0v) is 20.6. The molecule has 2 heterocycles. The molecule has 5 rings (SSSR count). The molecular weight excluding hydrogens is 435 g/mol. The van der Waals surface area contributed by atoms with Crippen LogP contribution in [0.3, 0.4) is 0 Å². The van der Waals surface area contributed by atoms with E-state index in [1.165, 1.54) is 50.8 Å². The van der Waals surface area contributed by atoms with Crippen LogP contribution < -0.4 is 5.32 Å². The fraction of sp³-hybridized carbons (Fsp3) is 0.630. The maximum Gasteiger partial charge on any atom is 0.148 e. The molecule has 1 aliphatic heterocycles. The van der Waals surface area contributed by atoms with Crippen LogP contribution >= 0.6 is 11.6 Å². The summed E-state index contributed by atoms with van der Waals surface area (Å²) in [7, 11) is 0. The summed E-state index contributed by atoms with van der Waals surface area (Å²) in [6, 6.07) is 8.49. The van der Waals surface area contributed by atoms with Crippen molar-refractivity contribution in [3.63, 3.8) is 0 Å². The molecule has 2 unspecified atom stereocenters. The topological polar surface area (TPSA) is 41.0 Å². The summed E-state index contributed by atoms with van der Waals surface area (Å²) in [5, 5.41) is 12.7. The number of halogens is 2. The molecule has 178 valence electrons. The lowest BCUT2D eigenvalue weighted by atomic mass is 9.56. The van der Waals surface area contributed by atoms with Crippen molar-refractivity contribution in [1.82, 2.24) is 15.1 Å². The minimum Gasteiger partial charge on any atom is -0.366 e. The first-order valence-corrected chi connectivity index (χ1v) is 13.0. The number of nitrogens with zero attached hydrogens (tertiary/aromatic N) is 3. The van der Waals surface area contributed by atoms with E-state index in [-0.39, 0.29) is 5.82 Å². The van der Waals surface area contributed by atoms with Gasteiger partial charge in [0, 0.05) is 31.2 Å². The number of aromatic nitrogens is 2. The van der Waals surface area contributed by atoms with Gasteiger partial charge >= 0.3 is 0 Å². The van der Waals surface area contributed by atoms with E-state index >= 15 is 0 Å². The fourth-order valence-corrected chi connectivity index (χ4v) is 7.48. The molecule has 3 aliphatic rings. The number of likely N-dealkylation sites (tertiary alicyclic amines) is 1. The highest BCUT2D eigenvalue weighted by atomic mass is 35.5. The predicted molar refractivity (Wildman–Crippen MR) is 133 cm³/mol. The molecule has 2 aromatic rings. The molecule has 1 saturated heterocycles. The van der Waals surface area contributed by atoms with Crippen LogP contribution in [-0.4, -0.2) is 40.8 Å². The van der Waals surface area contributed by atoms with Crippen LogP contribution in [0.4, 0.5) is 10.2 Å². The van der Waals surface area contributed by atoms with Gasteiger partial charge in [-0.25, -0.2) is 4.39 Å². The van der Waals surface area contributed by atoms with Gasteiger partial charge in [-0.3, -0.25) is 0 Å². The number of piperidine rings is 1. The third-order valence-corrected chi connectivity index (χ3v) is 8.45. The van der Waals surface area contributed by atoms with Crippen LogP contribution in [0.2, 0.25) is 5.02 Å². The first kappa shape index (κ1) is 23.0. The number of fused-ring (bicyclic) bond motifs is 2. The van der Waals surface area contributed by atoms with Gasteiger partial charge in [-0.05, 0) is 98.4 Å². The van der Waals surface area contributed by atoms with Crippen LogP contribution in [0.15, 0.2) is 30.3 Å². The molecule has 3 fully saturated rings. The predicted octanol–water partition coefficient (Wildman–Crippen LogP) is 6.66. The summed E-state index contributed by atoms with van der Waals surface area (Å²) < 4.78 is 13.6. The van der Waals surface area contributed by atoms with Crippen molar-refractivity contribution in [2.75, 3.05) is 25.0 Å². The Hall–Kier alpha value is -1.72. The Morgan fingerprint density at radius 2 is 1.76 bits per heavy atom. The Morgan fingerprint density at radius 3 is 2.42 bits per heavy atom. The van der Waals surface area contributed by atoms with Crippen LogP contribution in [0.5, 0.6) is 0 Å². The van der Waals surface area contributed by atoms with Crippen LogP contribution in [0, 0.1) is 29.0 Å². The van der Waals surface area contributed by atoms with Crippen LogP contribution in [0.25, 0.3) is 11.3 Å². The maximum atomic E-state index is 13.6. The van der Waals surface area contributed by atoms with E-state index in [1.807, 2.05) is 12.1 Å². The molecule has 1 aromatic heterocycles. The first-order valence-electron chi connectivity index (χ1n) is 12.7. The molecule has 0 radical (unpaired) electrons. The Bertz CT molecular complexity index is 938. The molecule has 1 N–H and O–H groups in total. The summed E-state index contributed by atoms with van der Waals surface area (Å²) in [4.78, 5) is 2.73. The van der Waals surface area contributed by atoms with E-state index in [2.05, 4.69) is 34.3 Å². The van der Waals surface area contributed by atoms with E-state index in [9.17, 15) is 4.39 Å². The normalized spacial score (nSPS) is 30.8. The van der Waals surface area contributed by atoms with E-state index in [4.69, 9.17) is 11.6 Å². The lowest BCUT2D eigenvalue weighted by Crippen LogP contribution is -2.49. The van der Waals surface area contributed by atoms with Gasteiger partial charge in [0.25, 0.3) is 0 Å². The van der Waals surface area contributed by atoms with E-state index < -0.39 is 0 Å². The summed E-state index contributed by atoms with van der Waals surface area (Å²) in [5.74, 6) is 3.18. The molecule has 0 amide bonds. The van der Waals surface area contributed by atoms with Gasteiger partial charge in [0.15, 0.2) is 0 Å². The summed E-state index contributed by atoms with van der Waals surface area (Å²) >= 11 is 6.20. The van der Waals surface area contributed by atoms with E-state index in [0.717, 1.165) is 49.5 Å². The van der Waals surface area contributed by atoms with Crippen molar-refractivity contribution in [2.24, 2.45) is 23.2 Å². The summed E-state index contributed by atoms with van der Waals surface area (Å²) in [6.07, 6.45) is 9.45. The van der Waals surface area contributed by atoms with Crippen molar-refractivity contribution in [3.05, 3.63) is 41.2 Å². The third kappa shape index (κ3) is 5.35. The molecule has 1 aromatic carbocycles. The van der Waals surface area contributed by atoms with Crippen LogP contribution in [0.1, 0.15) is 58.8 Å². The standard InChI is InChI=1S/C27H36ClFN4/c1-18-11-20-12-19(2)15-27(14-18,16-20)17-33-9-7-22(8-10-33)30-26-6-5-25(31-32-26)23-13-21(29)3-4-24(23)28/h3-6,13,18-20,22H,7-12,14-17H2,1-2H3,(H,30,32). The van der Waals surface area contributed by atoms with Gasteiger partial charge in [-0.15, -0.1) is 10.2 Å². The highest BCUT2D eigenvalue weighted by molar-refractivity contribution is 6.33. The zero-order chi connectivity index (χ0) is 23.0. The smallest absolute Gasteiger partial charge is 0.148 e. The highest BCUT2D eigenvalue weighted by Gasteiger charge is 2.45. The molecule has 33 heavy (non-hydrogen) atoms. The summed E-state index contributed by atoms with van der Waals surface area (Å²) in [6.45, 7) is 8.53. The maximum absolute atomic E-state index is 13.6. The first-order chi connectivity index (χ1) is 15.9. The van der Waals surface area contributed by atoms with Crippen molar-refractivity contribution in [1.29, 1.82) is 0 Å². The lowest BCUT2D eigenvalue weighted by Gasteiger charge is -2.52. The average molecular weight is 471 g/mol. The van der Waals surface area contributed by atoms with Crippen LogP contribution in [-0.2, 0) is 0 Å². The van der Waals surface area contributed by atoms with Gasteiger partial charge in [-0.1, -0.05) is 25.4 Å². The second-order valence-corrected chi connectivity index (χ2v) is 11.7. The number of nitrogens with one attached hydrogen (secondary N) is 1. The summed E-state index contributed by atoms with van der Waals surface area (Å²) in [5.41, 5.74) is 1.71. The molecule has 6 heteroatoms. The molecule has 2 saturated carbocycles. The largest absolute Gasteiger partial charge is 0.366 e. The Labute approximate surface area is 202 Å². The quantitative estimate of drug-likeness (QED) is 0.530. The molecule has 2 aliphatic carbocycles. The van der Waals surface area contributed by atoms with Crippen molar-refractivity contribution in [3.8, 4) is 11.3 Å². The number of anilines is 1. The number of hydrogen-bond acceptors (Lipinski definition) is 4. The monoisotopic (exact) mass is 470 g/mol. The highest BCUT2D eigenvalue weighted by Crippen LogP contribution is 2.53. The van der Waals surface area contributed by atoms with E-state index in [1.54, 1.807) is 6.07 Å². The SMILES string of the molecule is CC1CC2CC(C)CC(CN3CCC(Nc4ccc(-c5cc(F)ccc5Cl)nn4)CC3)(C1)C2. The fourth-order valence-electron chi connectivity index (χ4n) is 7.27. The molecular formula is C27H36ClFN4. The average Bonchev–Trinajstić information content (AvgIpc) is 2.76. The lowest BCUT2D eigenvalue weighted by molar-refractivity contribution is -0.0138. The molecule has 0 spiro atoms. The third-order valence-electron chi connectivity index (χ3n) is 8.12. The minimum absolute atomic E-state index is 0.328. The number of rotatable bonds is 5. The number of benzene rings is 1. The van der Waals surface area contributed by atoms with E-state index in [0.29, 0.717) is 27.7 Å². The van der Waals surface area contributed by atoms with Gasteiger partial charge in [0.05, 0.1) is 10.7 Å². The van der Waals surface area contributed by atoms with Crippen molar-refractivity contribution in [2.45, 2.75) is 64.8 Å². The molecule has 2 bridgehead atoms. The van der Waals surface area contributed by atoms with Gasteiger partial charge in [0.2, 0.25) is 0 Å². The second kappa shape index (κ2) is 9.50. The van der Waals surface area contributed by atoms with Crippen molar-refractivity contribution < 1.29 is 4.39 Å². The zero-order valence-electron chi connectivity index (χ0n) is 19.9. The second-order valence-electron chi connectivity index (χ2n) is 11.3. The Kier molecular flexibility index (Phi) is 6.63. The molecule has 4 nitrogen and oxygen atoms in total. The van der Waals surface area contributed by atoms with Crippen molar-refractivity contribution >= 4 is 17.4 Å². The Balaban J connectivity index is 1.15. The number of hydrogen-bond donors (Lipinski definition) is 1. The van der Waals surface area contributed by atoms with Gasteiger partial charge in [-0.2, -0.15) is 0 Å². The Morgan fingerprint density at radius 1 is 1.03 bits per heavy atom. The minimum atomic E-state index is -0.328.